The Balaban J connectivity index is 1.77. The van der Waals surface area contributed by atoms with Gasteiger partial charge in [0.2, 0.25) is 5.91 Å². The molecule has 3 N–H and O–H groups in total. The first-order valence-corrected chi connectivity index (χ1v) is 8.81. The van der Waals surface area contributed by atoms with Crippen LogP contribution in [0.5, 0.6) is 0 Å². The highest BCUT2D eigenvalue weighted by atomic mass is 35.5. The zero-order valence-corrected chi connectivity index (χ0v) is 15.7. The van der Waals surface area contributed by atoms with Crippen molar-refractivity contribution in [1.82, 2.24) is 20.1 Å². The van der Waals surface area contributed by atoms with Crippen LogP contribution in [0.25, 0.3) is 5.69 Å². The summed E-state index contributed by atoms with van der Waals surface area (Å²) in [5.41, 5.74) is 2.78. The topological polar surface area (TPSA) is 109 Å². The fourth-order valence-corrected chi connectivity index (χ4v) is 2.84. The zero-order chi connectivity index (χ0) is 20.1. The largest absolute Gasteiger partial charge is 0.465 e. The predicted octanol–water partition coefficient (Wildman–Crippen LogP) is 3.05. The molecule has 0 saturated carbocycles. The standard InChI is InChI=1S/C19H18ClN5O3/c1-12-17(11-22-25(12)15-6-8-21-9-7-15)23-18(26)16(24-19(27)28)10-13-2-4-14(20)5-3-13/h2-9,11,16,24H,10H2,1H3,(H,23,26)(H,27,28). The van der Waals surface area contributed by atoms with Crippen LogP contribution in [0, 0.1) is 6.92 Å². The van der Waals surface area contributed by atoms with E-state index in [4.69, 9.17) is 16.7 Å². The quantitative estimate of drug-likeness (QED) is 0.590. The Kier molecular flexibility index (Phi) is 5.90. The van der Waals surface area contributed by atoms with E-state index >= 15 is 0 Å². The van der Waals surface area contributed by atoms with Gasteiger partial charge in [0.1, 0.15) is 6.04 Å². The number of halogens is 1. The molecule has 0 fully saturated rings. The second-order valence-corrected chi connectivity index (χ2v) is 6.52. The summed E-state index contributed by atoms with van der Waals surface area (Å²) >= 11 is 5.87. The second-order valence-electron chi connectivity index (χ2n) is 6.08. The van der Waals surface area contributed by atoms with Crippen LogP contribution >= 0.6 is 11.6 Å². The van der Waals surface area contributed by atoms with Crippen LogP contribution < -0.4 is 10.6 Å². The predicted molar refractivity (Wildman–Crippen MR) is 105 cm³/mol. The summed E-state index contributed by atoms with van der Waals surface area (Å²) in [6.07, 6.45) is 3.72. The number of carbonyl (C=O) groups is 2. The Morgan fingerprint density at radius 3 is 2.50 bits per heavy atom. The molecule has 1 aromatic carbocycles. The zero-order valence-electron chi connectivity index (χ0n) is 15.0. The summed E-state index contributed by atoms with van der Waals surface area (Å²) in [7, 11) is 0. The van der Waals surface area contributed by atoms with Gasteiger partial charge in [0.15, 0.2) is 0 Å². The minimum atomic E-state index is -1.28. The van der Waals surface area contributed by atoms with Gasteiger partial charge in [0, 0.05) is 23.8 Å². The van der Waals surface area contributed by atoms with E-state index < -0.39 is 18.0 Å². The summed E-state index contributed by atoms with van der Waals surface area (Å²) < 4.78 is 1.66. The molecule has 8 nitrogen and oxygen atoms in total. The van der Waals surface area contributed by atoms with E-state index in [0.29, 0.717) is 16.4 Å². The van der Waals surface area contributed by atoms with Crippen LogP contribution in [0.1, 0.15) is 11.3 Å². The third-order valence-corrected chi connectivity index (χ3v) is 4.39. The molecule has 0 spiro atoms. The Morgan fingerprint density at radius 2 is 1.86 bits per heavy atom. The number of nitrogens with one attached hydrogen (secondary N) is 2. The van der Waals surface area contributed by atoms with E-state index in [2.05, 4.69) is 20.7 Å². The van der Waals surface area contributed by atoms with Crippen LogP contribution in [-0.4, -0.2) is 37.9 Å². The maximum atomic E-state index is 12.7. The Bertz CT molecular complexity index is 973. The van der Waals surface area contributed by atoms with Crippen molar-refractivity contribution in [2.45, 2.75) is 19.4 Å². The number of hydrogen-bond acceptors (Lipinski definition) is 4. The van der Waals surface area contributed by atoms with E-state index in [1.807, 2.05) is 6.92 Å². The van der Waals surface area contributed by atoms with Gasteiger partial charge in [-0.2, -0.15) is 5.10 Å². The first kappa shape index (κ1) is 19.4. The Labute approximate surface area is 166 Å². The molecule has 144 valence electrons. The third kappa shape index (κ3) is 4.66. The van der Waals surface area contributed by atoms with Crippen LogP contribution in [-0.2, 0) is 11.2 Å². The van der Waals surface area contributed by atoms with E-state index in [1.54, 1.807) is 53.5 Å². The lowest BCUT2D eigenvalue weighted by molar-refractivity contribution is -0.118. The molecule has 0 radical (unpaired) electrons. The molecular weight excluding hydrogens is 382 g/mol. The molecule has 1 unspecified atom stereocenters. The average Bonchev–Trinajstić information content (AvgIpc) is 3.03. The van der Waals surface area contributed by atoms with Crippen molar-refractivity contribution < 1.29 is 14.7 Å². The van der Waals surface area contributed by atoms with Crippen molar-refractivity contribution >= 4 is 29.3 Å². The molecular formula is C19H18ClN5O3. The molecule has 3 aromatic rings. The van der Waals surface area contributed by atoms with Gasteiger partial charge in [-0.25, -0.2) is 9.48 Å². The maximum Gasteiger partial charge on any atom is 0.405 e. The maximum absolute atomic E-state index is 12.7. The summed E-state index contributed by atoms with van der Waals surface area (Å²) in [5, 5.41) is 18.9. The molecule has 2 aromatic heterocycles. The minimum absolute atomic E-state index is 0.187. The summed E-state index contributed by atoms with van der Waals surface area (Å²) in [5.74, 6) is -0.477. The van der Waals surface area contributed by atoms with Gasteiger partial charge >= 0.3 is 6.09 Å². The third-order valence-electron chi connectivity index (χ3n) is 4.14. The molecule has 1 atom stereocenters. The van der Waals surface area contributed by atoms with Gasteiger partial charge in [-0.05, 0) is 36.8 Å². The van der Waals surface area contributed by atoms with Crippen molar-refractivity contribution in [3.8, 4) is 5.69 Å². The lowest BCUT2D eigenvalue weighted by atomic mass is 10.1. The highest BCUT2D eigenvalue weighted by Gasteiger charge is 2.22. The highest BCUT2D eigenvalue weighted by molar-refractivity contribution is 6.30. The Morgan fingerprint density at radius 1 is 1.18 bits per heavy atom. The fraction of sp³-hybridized carbons (Fsp3) is 0.158. The van der Waals surface area contributed by atoms with Crippen molar-refractivity contribution in [1.29, 1.82) is 0 Å². The van der Waals surface area contributed by atoms with Gasteiger partial charge in [-0.15, -0.1) is 0 Å². The van der Waals surface area contributed by atoms with Crippen LogP contribution in [0.15, 0.2) is 55.0 Å². The first-order valence-electron chi connectivity index (χ1n) is 8.44. The van der Waals surface area contributed by atoms with Gasteiger partial charge in [0.05, 0.1) is 23.3 Å². The lowest BCUT2D eigenvalue weighted by Crippen LogP contribution is -2.44. The van der Waals surface area contributed by atoms with Crippen molar-refractivity contribution in [2.24, 2.45) is 0 Å². The fourth-order valence-electron chi connectivity index (χ4n) is 2.71. The molecule has 0 aliphatic carbocycles. The number of nitrogens with zero attached hydrogens (tertiary/aromatic N) is 3. The second kappa shape index (κ2) is 8.53. The molecule has 9 heteroatoms. The van der Waals surface area contributed by atoms with E-state index in [0.717, 1.165) is 11.3 Å². The number of anilines is 1. The number of amides is 2. The van der Waals surface area contributed by atoms with Crippen molar-refractivity contribution in [3.05, 3.63) is 71.3 Å². The number of rotatable bonds is 6. The molecule has 0 aliphatic heterocycles. The average molecular weight is 400 g/mol. The van der Waals surface area contributed by atoms with Crippen molar-refractivity contribution in [3.63, 3.8) is 0 Å². The van der Waals surface area contributed by atoms with E-state index in [1.165, 1.54) is 6.20 Å². The lowest BCUT2D eigenvalue weighted by Gasteiger charge is -2.17. The van der Waals surface area contributed by atoms with Crippen molar-refractivity contribution in [2.75, 3.05) is 5.32 Å². The highest BCUT2D eigenvalue weighted by Crippen LogP contribution is 2.19. The number of benzene rings is 1. The number of hydrogen-bond donors (Lipinski definition) is 3. The number of carbonyl (C=O) groups excluding carboxylic acids is 1. The number of pyridine rings is 1. The monoisotopic (exact) mass is 399 g/mol. The number of carboxylic acid groups (broad SMARTS) is 1. The van der Waals surface area contributed by atoms with Gasteiger partial charge in [-0.1, -0.05) is 23.7 Å². The van der Waals surface area contributed by atoms with Crippen LogP contribution in [0.3, 0.4) is 0 Å². The molecule has 2 heterocycles. The summed E-state index contributed by atoms with van der Waals surface area (Å²) in [4.78, 5) is 27.8. The SMILES string of the molecule is Cc1c(NC(=O)C(Cc2ccc(Cl)cc2)NC(=O)O)cnn1-c1ccncc1. The number of aromatic nitrogens is 3. The van der Waals surface area contributed by atoms with Crippen LogP contribution in [0.4, 0.5) is 10.5 Å². The van der Waals surface area contributed by atoms with E-state index in [-0.39, 0.29) is 6.42 Å². The molecule has 28 heavy (non-hydrogen) atoms. The summed E-state index contributed by atoms with van der Waals surface area (Å²) in [6, 6.07) is 9.49. The minimum Gasteiger partial charge on any atom is -0.465 e. The molecule has 2 amide bonds. The van der Waals surface area contributed by atoms with Gasteiger partial charge in [0.25, 0.3) is 0 Å². The van der Waals surface area contributed by atoms with E-state index in [9.17, 15) is 9.59 Å². The normalized spacial score (nSPS) is 11.6. The van der Waals surface area contributed by atoms with Gasteiger partial charge < -0.3 is 15.7 Å². The van der Waals surface area contributed by atoms with Crippen LogP contribution in [0.2, 0.25) is 5.02 Å². The molecule has 0 saturated heterocycles. The van der Waals surface area contributed by atoms with Gasteiger partial charge in [-0.3, -0.25) is 9.78 Å². The smallest absolute Gasteiger partial charge is 0.405 e. The first-order chi connectivity index (χ1) is 13.4. The Hall–Kier alpha value is -3.39. The molecule has 0 bridgehead atoms. The summed E-state index contributed by atoms with van der Waals surface area (Å²) in [6.45, 7) is 1.81. The molecule has 0 aliphatic rings. The molecule has 3 rings (SSSR count).